The third-order valence-electron chi connectivity index (χ3n) is 11.1. The SMILES string of the molecule is NC(NC(/C=C/c1ccccc1-c1c2ccccc2cc2c1ccc1ccccc12)c1ccc2c3ccccc3c3ccccc3c2c1)c1ccccc1. The standard InChI is InChI=1S/C52H38N2/c53-52(36-16-2-1-3-17-36)54-50(38-27-29-46-44-24-11-10-22-42(44)43-23-12-13-25-45(43)49(46)33-38)31-28-35-15-5-8-20-40(35)51-41-21-9-6-18-37(41)32-48-39-19-7-4-14-34(39)26-30-47(48)51/h1-33,50,52,54H,53H2/b31-28+. The van der Waals surface area contributed by atoms with Crippen molar-refractivity contribution in [3.8, 4) is 11.1 Å². The van der Waals surface area contributed by atoms with Gasteiger partial charge in [0.25, 0.3) is 0 Å². The second-order valence-corrected chi connectivity index (χ2v) is 14.2. The van der Waals surface area contributed by atoms with Gasteiger partial charge in [0.1, 0.15) is 0 Å². The van der Waals surface area contributed by atoms with E-state index in [-0.39, 0.29) is 12.2 Å². The first-order valence-electron chi connectivity index (χ1n) is 18.7. The van der Waals surface area contributed by atoms with Crippen LogP contribution in [0, 0.1) is 0 Å². The molecule has 10 rings (SSSR count). The minimum atomic E-state index is -0.365. The second kappa shape index (κ2) is 13.4. The summed E-state index contributed by atoms with van der Waals surface area (Å²) in [6.07, 6.45) is 4.20. The number of rotatable bonds is 7. The van der Waals surface area contributed by atoms with E-state index in [1.54, 1.807) is 0 Å². The van der Waals surface area contributed by atoms with Crippen LogP contribution in [0.1, 0.15) is 28.9 Å². The van der Waals surface area contributed by atoms with Crippen LogP contribution in [0.4, 0.5) is 0 Å². The van der Waals surface area contributed by atoms with Gasteiger partial charge < -0.3 is 5.73 Å². The van der Waals surface area contributed by atoms with Crippen molar-refractivity contribution in [3.63, 3.8) is 0 Å². The molecule has 0 radical (unpaired) electrons. The Morgan fingerprint density at radius 2 is 0.926 bits per heavy atom. The molecule has 2 unspecified atom stereocenters. The van der Waals surface area contributed by atoms with Crippen LogP contribution in [-0.2, 0) is 0 Å². The molecular weight excluding hydrogens is 653 g/mol. The molecule has 256 valence electrons. The predicted octanol–water partition coefficient (Wildman–Crippen LogP) is 13.3. The van der Waals surface area contributed by atoms with Crippen molar-refractivity contribution in [1.82, 2.24) is 5.32 Å². The van der Waals surface area contributed by atoms with Gasteiger partial charge in [0.05, 0.1) is 12.2 Å². The largest absolute Gasteiger partial charge is 0.312 e. The van der Waals surface area contributed by atoms with Gasteiger partial charge in [-0.3, -0.25) is 5.32 Å². The first-order chi connectivity index (χ1) is 26.7. The van der Waals surface area contributed by atoms with E-state index in [4.69, 9.17) is 5.73 Å². The van der Waals surface area contributed by atoms with Crippen molar-refractivity contribution in [3.05, 3.63) is 211 Å². The number of hydrogen-bond acceptors (Lipinski definition) is 2. The fourth-order valence-electron chi connectivity index (χ4n) is 8.51. The summed E-state index contributed by atoms with van der Waals surface area (Å²) < 4.78 is 0. The van der Waals surface area contributed by atoms with Crippen molar-refractivity contribution < 1.29 is 0 Å². The number of fused-ring (bicyclic) bond motifs is 10. The maximum Gasteiger partial charge on any atom is 0.0817 e. The highest BCUT2D eigenvalue weighted by atomic mass is 15.0. The molecule has 0 amide bonds. The molecule has 10 aromatic carbocycles. The Balaban J connectivity index is 1.15. The fourth-order valence-corrected chi connectivity index (χ4v) is 8.51. The van der Waals surface area contributed by atoms with Gasteiger partial charge in [-0.15, -0.1) is 0 Å². The molecule has 0 aromatic heterocycles. The van der Waals surface area contributed by atoms with Crippen LogP contribution in [0.5, 0.6) is 0 Å². The van der Waals surface area contributed by atoms with Crippen molar-refractivity contribution in [2.45, 2.75) is 12.2 Å². The molecule has 0 spiro atoms. The summed E-state index contributed by atoms with van der Waals surface area (Å²) in [6.45, 7) is 0. The van der Waals surface area contributed by atoms with E-state index in [9.17, 15) is 0 Å². The minimum absolute atomic E-state index is 0.170. The lowest BCUT2D eigenvalue weighted by molar-refractivity contribution is 0.509. The molecule has 0 aliphatic carbocycles. The van der Waals surface area contributed by atoms with Crippen molar-refractivity contribution in [1.29, 1.82) is 0 Å². The Kier molecular flexibility index (Phi) is 7.99. The molecule has 2 nitrogen and oxygen atoms in total. The lowest BCUT2D eigenvalue weighted by Gasteiger charge is -2.23. The fraction of sp³-hybridized carbons (Fsp3) is 0.0385. The Morgan fingerprint density at radius 3 is 1.67 bits per heavy atom. The maximum absolute atomic E-state index is 6.93. The summed E-state index contributed by atoms with van der Waals surface area (Å²) in [4.78, 5) is 0. The van der Waals surface area contributed by atoms with Crippen LogP contribution in [0.2, 0.25) is 0 Å². The Bertz CT molecular complexity index is 3020. The molecule has 0 heterocycles. The first-order valence-corrected chi connectivity index (χ1v) is 18.7. The Morgan fingerprint density at radius 1 is 0.389 bits per heavy atom. The molecule has 0 bridgehead atoms. The molecule has 2 heteroatoms. The maximum atomic E-state index is 6.93. The van der Waals surface area contributed by atoms with Gasteiger partial charge in [-0.25, -0.2) is 0 Å². The number of nitrogens with one attached hydrogen (secondary N) is 1. The number of nitrogens with two attached hydrogens (primary N) is 1. The minimum Gasteiger partial charge on any atom is -0.312 e. The molecule has 54 heavy (non-hydrogen) atoms. The number of benzene rings is 10. The summed E-state index contributed by atoms with van der Waals surface area (Å²) in [6, 6.07) is 67.7. The van der Waals surface area contributed by atoms with E-state index in [1.165, 1.54) is 75.8 Å². The smallest absolute Gasteiger partial charge is 0.0817 e. The van der Waals surface area contributed by atoms with Gasteiger partial charge in [0.2, 0.25) is 0 Å². The number of hydrogen-bond donors (Lipinski definition) is 2. The van der Waals surface area contributed by atoms with Crippen molar-refractivity contribution >= 4 is 70.7 Å². The van der Waals surface area contributed by atoms with E-state index in [1.807, 2.05) is 18.2 Å². The lowest BCUT2D eigenvalue weighted by atomic mass is 9.87. The monoisotopic (exact) mass is 690 g/mol. The molecular formula is C52H38N2. The quantitative estimate of drug-likeness (QED) is 0.0992. The topological polar surface area (TPSA) is 38.0 Å². The predicted molar refractivity (Wildman–Crippen MR) is 232 cm³/mol. The summed E-state index contributed by atoms with van der Waals surface area (Å²) in [5.41, 5.74) is 12.7. The summed E-state index contributed by atoms with van der Waals surface area (Å²) in [5, 5.41) is 18.9. The van der Waals surface area contributed by atoms with Crippen molar-refractivity contribution in [2.24, 2.45) is 5.73 Å². The molecule has 10 aromatic rings. The average molecular weight is 691 g/mol. The molecule has 0 fully saturated rings. The van der Waals surface area contributed by atoms with Gasteiger partial charge in [0, 0.05) is 0 Å². The molecule has 0 saturated heterocycles. The van der Waals surface area contributed by atoms with Gasteiger partial charge in [-0.2, -0.15) is 0 Å². The zero-order valence-corrected chi connectivity index (χ0v) is 29.8. The lowest BCUT2D eigenvalue weighted by Crippen LogP contribution is -2.31. The van der Waals surface area contributed by atoms with E-state index >= 15 is 0 Å². The van der Waals surface area contributed by atoms with E-state index < -0.39 is 0 Å². The molecule has 0 aliphatic rings. The van der Waals surface area contributed by atoms with Crippen molar-refractivity contribution in [2.75, 3.05) is 0 Å². The van der Waals surface area contributed by atoms with Gasteiger partial charge in [-0.1, -0.05) is 188 Å². The van der Waals surface area contributed by atoms with Gasteiger partial charge >= 0.3 is 0 Å². The highest BCUT2D eigenvalue weighted by Crippen LogP contribution is 2.41. The van der Waals surface area contributed by atoms with Crippen LogP contribution < -0.4 is 11.1 Å². The summed E-state index contributed by atoms with van der Waals surface area (Å²) in [5.74, 6) is 0. The third-order valence-corrected chi connectivity index (χ3v) is 11.1. The normalized spacial score (nSPS) is 13.1. The molecule has 0 aliphatic heterocycles. The highest BCUT2D eigenvalue weighted by Gasteiger charge is 2.18. The highest BCUT2D eigenvalue weighted by molar-refractivity contribution is 6.25. The second-order valence-electron chi connectivity index (χ2n) is 14.2. The van der Waals surface area contributed by atoms with Crippen LogP contribution in [-0.4, -0.2) is 0 Å². The summed E-state index contributed by atoms with van der Waals surface area (Å²) in [7, 11) is 0. The molecule has 3 N–H and O–H groups in total. The van der Waals surface area contributed by atoms with Gasteiger partial charge in [-0.05, 0) is 105 Å². The first kappa shape index (κ1) is 32.1. The van der Waals surface area contributed by atoms with Crippen LogP contribution in [0.25, 0.3) is 81.8 Å². The van der Waals surface area contributed by atoms with Crippen LogP contribution in [0.15, 0.2) is 194 Å². The van der Waals surface area contributed by atoms with E-state index in [0.717, 1.165) is 16.7 Å². The zero-order valence-electron chi connectivity index (χ0n) is 29.8. The molecule has 2 atom stereocenters. The van der Waals surface area contributed by atoms with E-state index in [0.29, 0.717) is 0 Å². The zero-order chi connectivity index (χ0) is 36.0. The Hall–Kier alpha value is -6.58. The third kappa shape index (κ3) is 5.52. The van der Waals surface area contributed by atoms with Gasteiger partial charge in [0.15, 0.2) is 0 Å². The summed E-state index contributed by atoms with van der Waals surface area (Å²) >= 11 is 0. The van der Waals surface area contributed by atoms with Crippen LogP contribution in [0.3, 0.4) is 0 Å². The Labute approximate surface area is 314 Å². The van der Waals surface area contributed by atoms with E-state index in [2.05, 4.69) is 187 Å². The van der Waals surface area contributed by atoms with Crippen LogP contribution >= 0.6 is 0 Å². The molecule has 0 saturated carbocycles. The average Bonchev–Trinajstić information content (AvgIpc) is 3.24.